The van der Waals surface area contributed by atoms with E-state index >= 15 is 0 Å². The molecular formula is C31H18N4. The third kappa shape index (κ3) is 2.11. The second kappa shape index (κ2) is 6.10. The molecule has 3 aromatic carbocycles. The van der Waals surface area contributed by atoms with Gasteiger partial charge >= 0.3 is 0 Å². The van der Waals surface area contributed by atoms with Crippen molar-refractivity contribution in [2.24, 2.45) is 0 Å². The van der Waals surface area contributed by atoms with Gasteiger partial charge in [0.05, 0.1) is 17.2 Å². The molecule has 0 saturated heterocycles. The molecular weight excluding hydrogens is 428 g/mol. The monoisotopic (exact) mass is 446 g/mol. The fraction of sp³-hybridized carbons (Fsp3) is 0.0645. The zero-order chi connectivity index (χ0) is 22.7. The van der Waals surface area contributed by atoms with Crippen LogP contribution in [0.5, 0.6) is 0 Å². The summed E-state index contributed by atoms with van der Waals surface area (Å²) in [6, 6.07) is 24.4. The third-order valence-corrected chi connectivity index (χ3v) is 7.98. The molecule has 0 spiro atoms. The van der Waals surface area contributed by atoms with Crippen molar-refractivity contribution in [3.05, 3.63) is 108 Å². The Hall–Kier alpha value is -4.57. The Morgan fingerprint density at radius 1 is 0.657 bits per heavy atom. The van der Waals surface area contributed by atoms with Crippen LogP contribution in [0.4, 0.5) is 0 Å². The topological polar surface area (TPSA) is 43.1 Å². The number of fused-ring (bicyclic) bond motifs is 16. The lowest BCUT2D eigenvalue weighted by Crippen LogP contribution is -1.94. The number of aromatic nitrogens is 4. The highest BCUT2D eigenvalue weighted by Crippen LogP contribution is 2.50. The molecule has 4 heterocycles. The minimum absolute atomic E-state index is 0.767. The maximum absolute atomic E-state index is 5.08. The van der Waals surface area contributed by atoms with Crippen LogP contribution in [0.15, 0.2) is 85.3 Å². The van der Waals surface area contributed by atoms with Gasteiger partial charge in [-0.2, -0.15) is 0 Å². The first-order chi connectivity index (χ1) is 17.4. The van der Waals surface area contributed by atoms with E-state index in [2.05, 4.69) is 75.0 Å². The molecule has 2 aliphatic rings. The first-order valence-electron chi connectivity index (χ1n) is 12.0. The molecule has 0 unspecified atom stereocenters. The Balaban J connectivity index is 1.48. The highest BCUT2D eigenvalue weighted by Gasteiger charge is 2.30. The van der Waals surface area contributed by atoms with E-state index in [-0.39, 0.29) is 0 Å². The van der Waals surface area contributed by atoms with Gasteiger partial charge in [-0.05, 0) is 80.9 Å². The second-order valence-electron chi connectivity index (χ2n) is 9.67. The molecule has 0 atom stereocenters. The lowest BCUT2D eigenvalue weighted by molar-refractivity contribution is 1.23. The maximum atomic E-state index is 5.08. The minimum Gasteiger partial charge on any atom is -0.288 e. The molecule has 4 nitrogen and oxygen atoms in total. The molecule has 0 N–H and O–H groups in total. The molecule has 162 valence electrons. The van der Waals surface area contributed by atoms with Crippen LogP contribution in [0.25, 0.3) is 60.7 Å². The molecule has 4 aromatic heterocycles. The Kier molecular flexibility index (Phi) is 3.11. The zero-order valence-electron chi connectivity index (χ0n) is 18.8. The van der Waals surface area contributed by atoms with Crippen LogP contribution in [0.3, 0.4) is 0 Å². The fourth-order valence-corrected chi connectivity index (χ4v) is 6.59. The van der Waals surface area contributed by atoms with E-state index in [0.717, 1.165) is 35.2 Å². The van der Waals surface area contributed by atoms with Gasteiger partial charge in [0.1, 0.15) is 5.65 Å². The van der Waals surface area contributed by atoms with Gasteiger partial charge in [0, 0.05) is 23.2 Å². The van der Waals surface area contributed by atoms with Gasteiger partial charge in [-0.3, -0.25) is 9.38 Å². The molecule has 7 aromatic rings. The van der Waals surface area contributed by atoms with Gasteiger partial charge < -0.3 is 0 Å². The summed E-state index contributed by atoms with van der Waals surface area (Å²) in [5.41, 5.74) is 15.0. The number of hydrogen-bond donors (Lipinski definition) is 0. The first kappa shape index (κ1) is 17.8. The predicted octanol–water partition coefficient (Wildman–Crippen LogP) is 6.73. The van der Waals surface area contributed by atoms with Crippen molar-refractivity contribution >= 4 is 38.5 Å². The van der Waals surface area contributed by atoms with Crippen molar-refractivity contribution in [2.75, 3.05) is 0 Å². The lowest BCUT2D eigenvalue weighted by Gasteiger charge is -2.13. The van der Waals surface area contributed by atoms with Gasteiger partial charge in [0.15, 0.2) is 5.65 Å². The van der Waals surface area contributed by atoms with Crippen molar-refractivity contribution in [3.8, 4) is 22.3 Å². The van der Waals surface area contributed by atoms with Gasteiger partial charge in [0.25, 0.3) is 0 Å². The van der Waals surface area contributed by atoms with Crippen LogP contribution in [-0.4, -0.2) is 19.4 Å². The third-order valence-electron chi connectivity index (χ3n) is 7.98. The largest absolute Gasteiger partial charge is 0.288 e. The van der Waals surface area contributed by atoms with Crippen LogP contribution in [0.1, 0.15) is 22.3 Å². The average Bonchev–Trinajstić information content (AvgIpc) is 3.59. The number of nitrogens with zero attached hydrogens (tertiary/aromatic N) is 4. The average molecular weight is 447 g/mol. The molecule has 0 saturated carbocycles. The van der Waals surface area contributed by atoms with E-state index in [4.69, 9.17) is 4.98 Å². The molecule has 0 radical (unpaired) electrons. The summed E-state index contributed by atoms with van der Waals surface area (Å²) in [6.45, 7) is 0. The molecule has 4 heteroatoms. The Morgan fingerprint density at radius 3 is 2.57 bits per heavy atom. The standard InChI is InChI=1S/C31H18N4/c1-2-5-20-17(4-1)14-18-7-10-23-24(27(18)20)15-19-8-9-22-21-11-13-32-16-26(21)35-25-6-3-12-33-30(25)34-31(35)29(22)28(19)23/h1-13,16H,14-15H2. The predicted molar refractivity (Wildman–Crippen MR) is 140 cm³/mol. The van der Waals surface area contributed by atoms with Crippen molar-refractivity contribution < 1.29 is 0 Å². The summed E-state index contributed by atoms with van der Waals surface area (Å²) in [4.78, 5) is 14.1. The number of rotatable bonds is 0. The quantitative estimate of drug-likeness (QED) is 0.243. The minimum atomic E-state index is 0.767. The summed E-state index contributed by atoms with van der Waals surface area (Å²) in [5, 5.41) is 3.62. The molecule has 0 aliphatic heterocycles. The van der Waals surface area contributed by atoms with Crippen LogP contribution >= 0.6 is 0 Å². The highest BCUT2D eigenvalue weighted by molar-refractivity contribution is 6.19. The number of imidazole rings is 1. The van der Waals surface area contributed by atoms with Crippen molar-refractivity contribution in [3.63, 3.8) is 0 Å². The van der Waals surface area contributed by atoms with Crippen LogP contribution < -0.4 is 0 Å². The van der Waals surface area contributed by atoms with Crippen LogP contribution in [-0.2, 0) is 12.8 Å². The SMILES string of the molecule is c1ccc2c(c1)Cc1ccc3c(c1-2)Cc1ccc2c4ccncc4n4c5cccnc5nc4c2c1-3. The Morgan fingerprint density at radius 2 is 1.57 bits per heavy atom. The summed E-state index contributed by atoms with van der Waals surface area (Å²) < 4.78 is 2.24. The van der Waals surface area contributed by atoms with Crippen molar-refractivity contribution in [1.29, 1.82) is 0 Å². The summed E-state index contributed by atoms with van der Waals surface area (Å²) in [5.74, 6) is 0. The van der Waals surface area contributed by atoms with E-state index in [1.54, 1.807) is 0 Å². The second-order valence-corrected chi connectivity index (χ2v) is 9.67. The molecule has 35 heavy (non-hydrogen) atoms. The maximum Gasteiger partial charge on any atom is 0.178 e. The normalized spacial score (nSPS) is 13.5. The number of pyridine rings is 3. The van der Waals surface area contributed by atoms with Crippen molar-refractivity contribution in [2.45, 2.75) is 12.8 Å². The first-order valence-corrected chi connectivity index (χ1v) is 12.0. The van der Waals surface area contributed by atoms with Gasteiger partial charge in [-0.1, -0.05) is 48.5 Å². The van der Waals surface area contributed by atoms with Crippen molar-refractivity contribution in [1.82, 2.24) is 19.4 Å². The molecule has 0 fully saturated rings. The number of hydrogen-bond acceptors (Lipinski definition) is 3. The number of benzene rings is 3. The van der Waals surface area contributed by atoms with Gasteiger partial charge in [-0.15, -0.1) is 0 Å². The van der Waals surface area contributed by atoms with E-state index in [0.29, 0.717) is 0 Å². The molecule has 0 amide bonds. The molecule has 2 aliphatic carbocycles. The van der Waals surface area contributed by atoms with E-state index in [9.17, 15) is 0 Å². The van der Waals surface area contributed by atoms with Gasteiger partial charge in [-0.25, -0.2) is 9.97 Å². The molecule has 9 rings (SSSR count). The zero-order valence-corrected chi connectivity index (χ0v) is 18.8. The lowest BCUT2D eigenvalue weighted by atomic mass is 9.93. The smallest absolute Gasteiger partial charge is 0.178 e. The van der Waals surface area contributed by atoms with Crippen LogP contribution in [0.2, 0.25) is 0 Å². The molecule has 0 bridgehead atoms. The Labute approximate surface area is 200 Å². The van der Waals surface area contributed by atoms with E-state index in [1.807, 2.05) is 24.7 Å². The Bertz CT molecular complexity index is 2070. The summed E-state index contributed by atoms with van der Waals surface area (Å²) in [6.07, 6.45) is 7.63. The summed E-state index contributed by atoms with van der Waals surface area (Å²) in [7, 11) is 0. The fourth-order valence-electron chi connectivity index (χ4n) is 6.59. The van der Waals surface area contributed by atoms with E-state index < -0.39 is 0 Å². The van der Waals surface area contributed by atoms with Gasteiger partial charge in [0.2, 0.25) is 0 Å². The van der Waals surface area contributed by atoms with E-state index in [1.165, 1.54) is 60.7 Å². The highest BCUT2D eigenvalue weighted by atomic mass is 15.1. The van der Waals surface area contributed by atoms with Crippen LogP contribution in [0, 0.1) is 0 Å². The summed E-state index contributed by atoms with van der Waals surface area (Å²) >= 11 is 0.